The second-order valence-electron chi connectivity index (χ2n) is 6.37. The van der Waals surface area contributed by atoms with E-state index in [1.807, 2.05) is 0 Å². The first-order valence-electron chi connectivity index (χ1n) is 8.06. The summed E-state index contributed by atoms with van der Waals surface area (Å²) in [7, 11) is 0. The third-order valence-electron chi connectivity index (χ3n) is 5.02. The monoisotopic (exact) mass is 273 g/mol. The number of nitrogens with two attached hydrogens (primary N) is 1. The predicted molar refractivity (Wildman–Crippen MR) is 85.1 cm³/mol. The molecule has 0 bridgehead atoms. The minimum Gasteiger partial charge on any atom is -0.366 e. The highest BCUT2D eigenvalue weighted by Crippen LogP contribution is 2.33. The average molecular weight is 273 g/mol. The normalized spacial score (nSPS) is 28.4. The molecule has 0 saturated carbocycles. The lowest BCUT2D eigenvalue weighted by Gasteiger charge is -2.44. The number of piperazine rings is 1. The van der Waals surface area contributed by atoms with Crippen LogP contribution < -0.4 is 10.6 Å². The molecule has 0 spiro atoms. The Hall–Kier alpha value is -1.06. The molecule has 3 atom stereocenters. The fourth-order valence-electron chi connectivity index (χ4n) is 3.81. The molecule has 20 heavy (non-hydrogen) atoms. The molecule has 2 aliphatic rings. The molecule has 2 heterocycles. The summed E-state index contributed by atoms with van der Waals surface area (Å²) < 4.78 is 0. The van der Waals surface area contributed by atoms with Crippen molar-refractivity contribution in [3.63, 3.8) is 0 Å². The van der Waals surface area contributed by atoms with E-state index in [9.17, 15) is 0 Å². The van der Waals surface area contributed by atoms with Crippen molar-refractivity contribution < 1.29 is 0 Å². The molecule has 1 aromatic rings. The van der Waals surface area contributed by atoms with Crippen molar-refractivity contribution in [2.24, 2.45) is 5.73 Å². The van der Waals surface area contributed by atoms with Gasteiger partial charge in [0.2, 0.25) is 0 Å². The van der Waals surface area contributed by atoms with Crippen molar-refractivity contribution in [1.29, 1.82) is 0 Å². The SMILES string of the molecule is CC[C@H](N)c1ccccc1N1CC2CCCN2CC1C. The second kappa shape index (κ2) is 5.74. The summed E-state index contributed by atoms with van der Waals surface area (Å²) in [6.45, 7) is 8.16. The molecule has 0 radical (unpaired) electrons. The molecule has 2 N–H and O–H groups in total. The molecule has 0 aromatic heterocycles. The van der Waals surface area contributed by atoms with E-state index in [2.05, 4.69) is 47.9 Å². The van der Waals surface area contributed by atoms with Crippen LogP contribution >= 0.6 is 0 Å². The van der Waals surface area contributed by atoms with Gasteiger partial charge in [0, 0.05) is 36.9 Å². The number of nitrogens with zero attached hydrogens (tertiary/aromatic N) is 2. The number of benzene rings is 1. The molecule has 110 valence electrons. The van der Waals surface area contributed by atoms with Crippen molar-refractivity contribution in [1.82, 2.24) is 4.90 Å². The van der Waals surface area contributed by atoms with Crippen LogP contribution in [-0.2, 0) is 0 Å². The molecule has 3 rings (SSSR count). The molecule has 2 unspecified atom stereocenters. The Morgan fingerprint density at radius 1 is 1.30 bits per heavy atom. The molecular weight excluding hydrogens is 246 g/mol. The van der Waals surface area contributed by atoms with Gasteiger partial charge in [0.15, 0.2) is 0 Å². The van der Waals surface area contributed by atoms with Crippen LogP contribution in [-0.4, -0.2) is 36.6 Å². The molecular formula is C17H27N3. The number of para-hydroxylation sites is 1. The maximum Gasteiger partial charge on any atom is 0.0418 e. The van der Waals surface area contributed by atoms with Gasteiger partial charge in [-0.3, -0.25) is 4.90 Å². The number of anilines is 1. The van der Waals surface area contributed by atoms with Gasteiger partial charge in [-0.15, -0.1) is 0 Å². The number of fused-ring (bicyclic) bond motifs is 1. The first-order chi connectivity index (χ1) is 9.70. The second-order valence-corrected chi connectivity index (χ2v) is 6.37. The van der Waals surface area contributed by atoms with Crippen LogP contribution in [0.3, 0.4) is 0 Å². The van der Waals surface area contributed by atoms with Crippen LogP contribution in [0, 0.1) is 0 Å². The Morgan fingerprint density at radius 3 is 2.90 bits per heavy atom. The van der Waals surface area contributed by atoms with Crippen LogP contribution in [0.15, 0.2) is 24.3 Å². The lowest BCUT2D eigenvalue weighted by molar-refractivity contribution is 0.202. The van der Waals surface area contributed by atoms with Crippen molar-refractivity contribution >= 4 is 5.69 Å². The minimum absolute atomic E-state index is 0.153. The minimum atomic E-state index is 0.153. The van der Waals surface area contributed by atoms with E-state index < -0.39 is 0 Å². The lowest BCUT2D eigenvalue weighted by atomic mass is 9.99. The van der Waals surface area contributed by atoms with Crippen molar-refractivity contribution in [3.8, 4) is 0 Å². The number of hydrogen-bond acceptors (Lipinski definition) is 3. The highest BCUT2D eigenvalue weighted by molar-refractivity contribution is 5.56. The molecule has 2 aliphatic heterocycles. The van der Waals surface area contributed by atoms with Crippen molar-refractivity contribution in [2.75, 3.05) is 24.5 Å². The van der Waals surface area contributed by atoms with Crippen LogP contribution in [0.2, 0.25) is 0 Å². The molecule has 2 fully saturated rings. The van der Waals surface area contributed by atoms with E-state index in [1.54, 1.807) is 0 Å². The van der Waals surface area contributed by atoms with Gasteiger partial charge in [0.1, 0.15) is 0 Å². The van der Waals surface area contributed by atoms with E-state index >= 15 is 0 Å². The van der Waals surface area contributed by atoms with Crippen molar-refractivity contribution in [3.05, 3.63) is 29.8 Å². The van der Waals surface area contributed by atoms with Gasteiger partial charge in [-0.2, -0.15) is 0 Å². The lowest BCUT2D eigenvalue weighted by Crippen LogP contribution is -2.55. The third kappa shape index (κ3) is 2.45. The van der Waals surface area contributed by atoms with Crippen molar-refractivity contribution in [2.45, 2.75) is 51.2 Å². The molecule has 3 nitrogen and oxygen atoms in total. The number of hydrogen-bond donors (Lipinski definition) is 1. The van der Waals surface area contributed by atoms with Gasteiger partial charge in [-0.05, 0) is 44.4 Å². The van der Waals surface area contributed by atoms with Gasteiger partial charge in [-0.1, -0.05) is 25.1 Å². The van der Waals surface area contributed by atoms with E-state index in [0.717, 1.165) is 19.0 Å². The summed E-state index contributed by atoms with van der Waals surface area (Å²) in [5.41, 5.74) is 8.99. The molecule has 3 heteroatoms. The first-order valence-corrected chi connectivity index (χ1v) is 8.06. The molecule has 0 amide bonds. The highest BCUT2D eigenvalue weighted by Gasteiger charge is 2.35. The summed E-state index contributed by atoms with van der Waals surface area (Å²) >= 11 is 0. The summed E-state index contributed by atoms with van der Waals surface area (Å²) in [6.07, 6.45) is 3.71. The molecule has 2 saturated heterocycles. The van der Waals surface area contributed by atoms with Gasteiger partial charge in [0.25, 0.3) is 0 Å². The third-order valence-corrected chi connectivity index (χ3v) is 5.02. The average Bonchev–Trinajstić information content (AvgIpc) is 2.92. The zero-order chi connectivity index (χ0) is 14.1. The fraction of sp³-hybridized carbons (Fsp3) is 0.647. The van der Waals surface area contributed by atoms with Crippen LogP contribution in [0.4, 0.5) is 5.69 Å². The zero-order valence-corrected chi connectivity index (χ0v) is 12.8. The van der Waals surface area contributed by atoms with E-state index in [1.165, 1.54) is 37.2 Å². The maximum atomic E-state index is 6.32. The summed E-state index contributed by atoms with van der Waals surface area (Å²) in [4.78, 5) is 5.26. The van der Waals surface area contributed by atoms with Crippen LogP contribution in [0.1, 0.15) is 44.7 Å². The number of rotatable bonds is 3. The Kier molecular flexibility index (Phi) is 3.99. The van der Waals surface area contributed by atoms with E-state index in [0.29, 0.717) is 6.04 Å². The smallest absolute Gasteiger partial charge is 0.0418 e. The van der Waals surface area contributed by atoms with Gasteiger partial charge >= 0.3 is 0 Å². The quantitative estimate of drug-likeness (QED) is 0.919. The van der Waals surface area contributed by atoms with E-state index in [4.69, 9.17) is 5.73 Å². The summed E-state index contributed by atoms with van der Waals surface area (Å²) in [5, 5.41) is 0. The van der Waals surface area contributed by atoms with E-state index in [-0.39, 0.29) is 6.04 Å². The largest absolute Gasteiger partial charge is 0.366 e. The van der Waals surface area contributed by atoms with Gasteiger partial charge < -0.3 is 10.6 Å². The predicted octanol–water partition coefficient (Wildman–Crippen LogP) is 2.77. The summed E-state index contributed by atoms with van der Waals surface area (Å²) in [6, 6.07) is 10.2. The standard InChI is InChI=1S/C17H27N3/c1-3-16(18)15-8-4-5-9-17(15)20-12-14-7-6-10-19(14)11-13(20)2/h4-5,8-9,13-14,16H,3,6-7,10-12,18H2,1-2H3/t13?,14?,16-/m0/s1. The maximum absolute atomic E-state index is 6.32. The van der Waals surface area contributed by atoms with Crippen LogP contribution in [0.5, 0.6) is 0 Å². The highest BCUT2D eigenvalue weighted by atomic mass is 15.3. The Balaban J connectivity index is 1.88. The Labute approximate surface area is 122 Å². The first kappa shape index (κ1) is 13.9. The summed E-state index contributed by atoms with van der Waals surface area (Å²) in [5.74, 6) is 0. The topological polar surface area (TPSA) is 32.5 Å². The fourth-order valence-corrected chi connectivity index (χ4v) is 3.81. The molecule has 1 aromatic carbocycles. The van der Waals surface area contributed by atoms with Gasteiger partial charge in [-0.25, -0.2) is 0 Å². The van der Waals surface area contributed by atoms with Gasteiger partial charge in [0.05, 0.1) is 0 Å². The Bertz CT molecular complexity index is 459. The molecule has 0 aliphatic carbocycles. The Morgan fingerprint density at radius 2 is 2.10 bits per heavy atom. The van der Waals surface area contributed by atoms with Crippen LogP contribution in [0.25, 0.3) is 0 Å². The zero-order valence-electron chi connectivity index (χ0n) is 12.8.